The first-order chi connectivity index (χ1) is 7.59. The second kappa shape index (κ2) is 4.53. The van der Waals surface area contributed by atoms with Crippen LogP contribution in [0.15, 0.2) is 18.2 Å². The van der Waals surface area contributed by atoms with Crippen LogP contribution in [0, 0.1) is 17.3 Å². The van der Waals surface area contributed by atoms with Crippen LogP contribution in [0.1, 0.15) is 11.1 Å². The Balaban J connectivity index is 3.20. The number of hydrogen-bond donors (Lipinski definition) is 0. The Bertz CT molecular complexity index is 472. The zero-order valence-corrected chi connectivity index (χ0v) is 10.7. The maximum absolute atomic E-state index is 13.3. The van der Waals surface area contributed by atoms with Gasteiger partial charge in [0.15, 0.2) is 0 Å². The van der Waals surface area contributed by atoms with Gasteiger partial charge in [-0.15, -0.1) is 5.54 Å². The molecule has 0 fully saturated rings. The monoisotopic (exact) mass is 260 g/mol. The molecule has 0 nitrogen and oxygen atoms in total. The van der Waals surface area contributed by atoms with Crippen LogP contribution in [0.3, 0.4) is 0 Å². The highest BCUT2D eigenvalue weighted by molar-refractivity contribution is 6.83. The first-order valence-corrected chi connectivity index (χ1v) is 8.49. The van der Waals surface area contributed by atoms with Crippen molar-refractivity contribution >= 4 is 8.07 Å². The fraction of sp³-hybridized carbons (Fsp3) is 0.333. The summed E-state index contributed by atoms with van der Waals surface area (Å²) < 4.78 is 50.5. The summed E-state index contributed by atoms with van der Waals surface area (Å²) in [6.07, 6.45) is -4.47. The zero-order chi connectivity index (χ0) is 13.3. The van der Waals surface area contributed by atoms with Crippen molar-refractivity contribution in [3.8, 4) is 11.5 Å². The molecule has 0 aliphatic heterocycles. The zero-order valence-electron chi connectivity index (χ0n) is 9.74. The van der Waals surface area contributed by atoms with E-state index < -0.39 is 25.6 Å². The third-order valence-electron chi connectivity index (χ3n) is 1.87. The van der Waals surface area contributed by atoms with E-state index in [0.717, 1.165) is 18.2 Å². The first-order valence-electron chi connectivity index (χ1n) is 4.99. The largest absolute Gasteiger partial charge is 0.416 e. The molecule has 0 heterocycles. The van der Waals surface area contributed by atoms with Gasteiger partial charge in [-0.1, -0.05) is 25.6 Å². The van der Waals surface area contributed by atoms with E-state index in [-0.39, 0.29) is 5.56 Å². The molecule has 0 bridgehead atoms. The summed E-state index contributed by atoms with van der Waals surface area (Å²) in [7, 11) is -1.74. The summed E-state index contributed by atoms with van der Waals surface area (Å²) in [5, 5.41) is 0. The van der Waals surface area contributed by atoms with Crippen molar-refractivity contribution in [2.24, 2.45) is 0 Å². The lowest BCUT2D eigenvalue weighted by Crippen LogP contribution is -2.16. The average molecular weight is 260 g/mol. The topological polar surface area (TPSA) is 0 Å². The molecule has 0 saturated carbocycles. The predicted molar refractivity (Wildman–Crippen MR) is 61.6 cm³/mol. The fourth-order valence-electron chi connectivity index (χ4n) is 1.05. The van der Waals surface area contributed by atoms with Gasteiger partial charge in [-0.3, -0.25) is 0 Å². The molecular weight excluding hydrogens is 248 g/mol. The van der Waals surface area contributed by atoms with Gasteiger partial charge in [0.05, 0.1) is 11.1 Å². The lowest BCUT2D eigenvalue weighted by molar-refractivity contribution is -0.137. The molecule has 0 aliphatic rings. The van der Waals surface area contributed by atoms with Gasteiger partial charge in [-0.2, -0.15) is 13.2 Å². The van der Waals surface area contributed by atoms with E-state index in [2.05, 4.69) is 11.5 Å². The molecule has 0 spiro atoms. The van der Waals surface area contributed by atoms with E-state index in [0.29, 0.717) is 0 Å². The molecule has 0 N–H and O–H groups in total. The van der Waals surface area contributed by atoms with Crippen LogP contribution in [0.4, 0.5) is 17.6 Å². The normalized spacial score (nSPS) is 11.9. The summed E-state index contributed by atoms with van der Waals surface area (Å²) >= 11 is 0. The molecule has 0 aliphatic carbocycles. The molecule has 5 heteroatoms. The summed E-state index contributed by atoms with van der Waals surface area (Å²) in [5.74, 6) is 1.78. The van der Waals surface area contributed by atoms with Crippen LogP contribution in [-0.2, 0) is 6.18 Å². The van der Waals surface area contributed by atoms with Gasteiger partial charge in [-0.25, -0.2) is 4.39 Å². The van der Waals surface area contributed by atoms with Crippen LogP contribution in [0.2, 0.25) is 19.6 Å². The average Bonchev–Trinajstić information content (AvgIpc) is 2.13. The van der Waals surface area contributed by atoms with E-state index in [1.807, 2.05) is 19.6 Å². The van der Waals surface area contributed by atoms with Crippen molar-refractivity contribution in [2.75, 3.05) is 0 Å². The number of alkyl halides is 3. The molecule has 0 aromatic heterocycles. The molecule has 0 radical (unpaired) electrons. The minimum atomic E-state index is -4.47. The quantitative estimate of drug-likeness (QED) is 0.375. The Morgan fingerprint density at radius 2 is 1.71 bits per heavy atom. The Labute approximate surface area is 98.7 Å². The minimum absolute atomic E-state index is 0.192. The predicted octanol–water partition coefficient (Wildman–Crippen LogP) is 4.07. The van der Waals surface area contributed by atoms with Crippen LogP contribution in [0.25, 0.3) is 0 Å². The first kappa shape index (κ1) is 13.8. The van der Waals surface area contributed by atoms with Gasteiger partial charge >= 0.3 is 6.18 Å². The van der Waals surface area contributed by atoms with E-state index in [4.69, 9.17) is 0 Å². The summed E-state index contributed by atoms with van der Waals surface area (Å²) in [4.78, 5) is 0. The summed E-state index contributed by atoms with van der Waals surface area (Å²) in [6, 6.07) is 2.27. The van der Waals surface area contributed by atoms with Crippen molar-refractivity contribution in [3.63, 3.8) is 0 Å². The van der Waals surface area contributed by atoms with E-state index in [1.54, 1.807) is 0 Å². The van der Waals surface area contributed by atoms with Crippen LogP contribution in [-0.4, -0.2) is 8.07 Å². The lowest BCUT2D eigenvalue weighted by Gasteiger charge is -2.07. The number of rotatable bonds is 0. The molecule has 0 atom stereocenters. The molecule has 92 valence electrons. The number of halogens is 4. The minimum Gasteiger partial charge on any atom is -0.206 e. The highest BCUT2D eigenvalue weighted by atomic mass is 28.3. The molecular formula is C12H12F4Si. The lowest BCUT2D eigenvalue weighted by atomic mass is 10.1. The van der Waals surface area contributed by atoms with Gasteiger partial charge in [0.1, 0.15) is 13.9 Å². The van der Waals surface area contributed by atoms with E-state index >= 15 is 0 Å². The second-order valence-electron chi connectivity index (χ2n) is 4.69. The number of benzene rings is 1. The molecule has 0 saturated heterocycles. The highest BCUT2D eigenvalue weighted by Crippen LogP contribution is 2.30. The summed E-state index contributed by atoms with van der Waals surface area (Å²) in [5.41, 5.74) is 1.77. The molecule has 1 aromatic carbocycles. The van der Waals surface area contributed by atoms with Crippen LogP contribution < -0.4 is 0 Å². The van der Waals surface area contributed by atoms with Crippen molar-refractivity contribution in [1.29, 1.82) is 0 Å². The van der Waals surface area contributed by atoms with Crippen LogP contribution in [0.5, 0.6) is 0 Å². The van der Waals surface area contributed by atoms with E-state index in [1.165, 1.54) is 0 Å². The number of hydrogen-bond acceptors (Lipinski definition) is 0. The van der Waals surface area contributed by atoms with E-state index in [9.17, 15) is 17.6 Å². The fourth-order valence-corrected chi connectivity index (χ4v) is 1.56. The highest BCUT2D eigenvalue weighted by Gasteiger charge is 2.30. The van der Waals surface area contributed by atoms with Gasteiger partial charge < -0.3 is 0 Å². The molecule has 1 aromatic rings. The van der Waals surface area contributed by atoms with Crippen LogP contribution >= 0.6 is 0 Å². The Hall–Kier alpha value is -1.28. The van der Waals surface area contributed by atoms with Gasteiger partial charge in [0.25, 0.3) is 0 Å². The maximum atomic E-state index is 13.3. The third-order valence-corrected chi connectivity index (χ3v) is 2.74. The second-order valence-corrected chi connectivity index (χ2v) is 9.44. The van der Waals surface area contributed by atoms with Crippen molar-refractivity contribution in [3.05, 3.63) is 35.1 Å². The van der Waals surface area contributed by atoms with Crippen molar-refractivity contribution < 1.29 is 17.6 Å². The Kier molecular flexibility index (Phi) is 3.67. The Morgan fingerprint density at radius 3 is 2.18 bits per heavy atom. The third kappa shape index (κ3) is 4.23. The van der Waals surface area contributed by atoms with Crippen molar-refractivity contribution in [1.82, 2.24) is 0 Å². The van der Waals surface area contributed by atoms with Gasteiger partial charge in [0.2, 0.25) is 0 Å². The molecule has 0 amide bonds. The SMILES string of the molecule is C[Si](C)(C)C#Cc1cc(C(F)(F)F)ccc1F. The molecule has 1 rings (SSSR count). The van der Waals surface area contributed by atoms with Crippen molar-refractivity contribution in [2.45, 2.75) is 25.8 Å². The maximum Gasteiger partial charge on any atom is 0.416 e. The molecule has 17 heavy (non-hydrogen) atoms. The molecule has 0 unspecified atom stereocenters. The summed E-state index contributed by atoms with van der Waals surface area (Å²) in [6.45, 7) is 5.81. The smallest absolute Gasteiger partial charge is 0.206 e. The van der Waals surface area contributed by atoms with Gasteiger partial charge in [0, 0.05) is 0 Å². The Morgan fingerprint density at radius 1 is 1.12 bits per heavy atom. The van der Waals surface area contributed by atoms with Gasteiger partial charge in [-0.05, 0) is 18.2 Å². The standard InChI is InChI=1S/C12H12F4Si/c1-17(2,3)7-6-9-8-10(12(14,15)16)4-5-11(9)13/h4-5,8H,1-3H3.